The number of alkyl halides is 2. The van der Waals surface area contributed by atoms with E-state index >= 15 is 0 Å². The Morgan fingerprint density at radius 1 is 1.43 bits per heavy atom. The van der Waals surface area contributed by atoms with Gasteiger partial charge in [-0.15, -0.1) is 11.8 Å². The zero-order valence-corrected chi connectivity index (χ0v) is 12.9. The zero-order valence-electron chi connectivity index (χ0n) is 12.1. The van der Waals surface area contributed by atoms with Crippen molar-refractivity contribution in [1.82, 2.24) is 0 Å². The molecule has 0 saturated carbocycles. The fourth-order valence-corrected chi connectivity index (χ4v) is 3.21. The van der Waals surface area contributed by atoms with Crippen LogP contribution in [0.15, 0.2) is 29.2 Å². The van der Waals surface area contributed by atoms with Crippen LogP contribution in [0, 0.1) is 0 Å². The lowest BCUT2D eigenvalue weighted by molar-refractivity contribution is -0.144. The molecule has 1 atom stereocenters. The summed E-state index contributed by atoms with van der Waals surface area (Å²) in [4.78, 5) is 11.8. The third-order valence-corrected chi connectivity index (χ3v) is 4.54. The number of ether oxygens (including phenoxy) is 1. The Morgan fingerprint density at radius 3 is 2.62 bits per heavy atom. The molecule has 1 saturated heterocycles. The van der Waals surface area contributed by atoms with Crippen molar-refractivity contribution in [3.8, 4) is 0 Å². The van der Waals surface area contributed by atoms with E-state index in [1.807, 2.05) is 0 Å². The van der Waals surface area contributed by atoms with Gasteiger partial charge in [-0.25, -0.2) is 8.78 Å². The van der Waals surface area contributed by atoms with Gasteiger partial charge in [0.05, 0.1) is 17.4 Å². The molecule has 2 nitrogen and oxygen atoms in total. The van der Waals surface area contributed by atoms with Crippen molar-refractivity contribution >= 4 is 23.8 Å². The highest BCUT2D eigenvalue weighted by atomic mass is 32.2. The Hall–Kier alpha value is -1.36. The summed E-state index contributed by atoms with van der Waals surface area (Å²) in [7, 11) is 0. The van der Waals surface area contributed by atoms with Gasteiger partial charge in [-0.3, -0.25) is 4.79 Å². The molecule has 0 aromatic heterocycles. The first-order valence-electron chi connectivity index (χ1n) is 6.93. The average molecular weight is 312 g/mol. The number of allylic oxidation sites excluding steroid dienone is 1. The monoisotopic (exact) mass is 312 g/mol. The first-order chi connectivity index (χ1) is 9.94. The molecule has 1 aliphatic heterocycles. The average Bonchev–Trinajstić information content (AvgIpc) is 2.78. The maximum absolute atomic E-state index is 13.5. The number of thioether (sulfide) groups is 1. The number of carbonyl (C=O) groups is 1. The van der Waals surface area contributed by atoms with Crippen LogP contribution in [-0.2, 0) is 9.53 Å². The number of hydrogen-bond acceptors (Lipinski definition) is 3. The van der Waals surface area contributed by atoms with E-state index in [1.54, 1.807) is 38.1 Å². The lowest BCUT2D eigenvalue weighted by Crippen LogP contribution is -2.13. The number of esters is 1. The van der Waals surface area contributed by atoms with Gasteiger partial charge in [-0.1, -0.05) is 24.3 Å². The van der Waals surface area contributed by atoms with Crippen LogP contribution in [0.4, 0.5) is 8.78 Å². The fourth-order valence-electron chi connectivity index (χ4n) is 2.10. The number of carbonyl (C=O) groups excluding carboxylic acids is 1. The molecule has 0 bridgehead atoms. The minimum Gasteiger partial charge on any atom is -0.466 e. The third-order valence-electron chi connectivity index (χ3n) is 3.41. The minimum absolute atomic E-state index is 0.0958. The molecule has 0 amide bonds. The largest absolute Gasteiger partial charge is 0.466 e. The van der Waals surface area contributed by atoms with E-state index < -0.39 is 5.92 Å². The normalized spacial score (nSPS) is 20.5. The molecule has 1 heterocycles. The van der Waals surface area contributed by atoms with E-state index in [4.69, 9.17) is 4.74 Å². The van der Waals surface area contributed by atoms with E-state index in [0.29, 0.717) is 12.4 Å². The van der Waals surface area contributed by atoms with Gasteiger partial charge in [0.1, 0.15) is 0 Å². The van der Waals surface area contributed by atoms with Crippen LogP contribution in [0.2, 0.25) is 0 Å². The van der Waals surface area contributed by atoms with Gasteiger partial charge in [-0.2, -0.15) is 0 Å². The summed E-state index contributed by atoms with van der Waals surface area (Å²) in [6.07, 6.45) is 1.43. The van der Waals surface area contributed by atoms with Crippen molar-refractivity contribution in [3.05, 3.63) is 40.3 Å². The fraction of sp³-hybridized carbons (Fsp3) is 0.438. The van der Waals surface area contributed by atoms with Gasteiger partial charge in [-0.05, 0) is 31.1 Å². The lowest BCUT2D eigenvalue weighted by atomic mass is 9.99. The quantitative estimate of drug-likeness (QED) is 0.768. The first kappa shape index (κ1) is 16.0. The van der Waals surface area contributed by atoms with E-state index in [0.717, 1.165) is 11.1 Å². The van der Waals surface area contributed by atoms with E-state index in [9.17, 15) is 13.6 Å². The minimum atomic E-state index is -2.71. The van der Waals surface area contributed by atoms with Crippen molar-refractivity contribution < 1.29 is 18.3 Å². The molecule has 1 aliphatic rings. The molecule has 1 fully saturated rings. The van der Waals surface area contributed by atoms with E-state index in [-0.39, 0.29) is 23.2 Å². The second-order valence-corrected chi connectivity index (χ2v) is 6.09. The van der Waals surface area contributed by atoms with E-state index in [1.165, 1.54) is 17.8 Å². The topological polar surface area (TPSA) is 26.3 Å². The molecule has 0 radical (unpaired) electrons. The van der Waals surface area contributed by atoms with Gasteiger partial charge in [0.25, 0.3) is 5.92 Å². The smallest absolute Gasteiger partial charge is 0.313 e. The summed E-state index contributed by atoms with van der Waals surface area (Å²) in [6, 6.07) is 7.08. The summed E-state index contributed by atoms with van der Waals surface area (Å²) in [5.74, 6) is -2.88. The van der Waals surface area contributed by atoms with Crippen molar-refractivity contribution in [1.29, 1.82) is 0 Å². The van der Waals surface area contributed by atoms with E-state index in [2.05, 4.69) is 0 Å². The summed E-state index contributed by atoms with van der Waals surface area (Å²) < 4.78 is 32.1. The maximum atomic E-state index is 13.5. The third kappa shape index (κ3) is 3.84. The van der Waals surface area contributed by atoms with Crippen LogP contribution in [-0.4, -0.2) is 24.3 Å². The second-order valence-electron chi connectivity index (χ2n) is 4.95. The summed E-state index contributed by atoms with van der Waals surface area (Å²) >= 11 is 1.20. The Bertz CT molecular complexity index is 538. The van der Waals surface area contributed by atoms with Crippen LogP contribution in [0.1, 0.15) is 37.3 Å². The van der Waals surface area contributed by atoms with Crippen LogP contribution in [0.3, 0.4) is 0 Å². The van der Waals surface area contributed by atoms with Crippen LogP contribution in [0.5, 0.6) is 0 Å². The molecule has 1 aromatic carbocycles. The number of rotatable bonds is 4. The van der Waals surface area contributed by atoms with Crippen molar-refractivity contribution in [3.63, 3.8) is 0 Å². The zero-order chi connectivity index (χ0) is 15.5. The highest BCUT2D eigenvalue weighted by molar-refractivity contribution is 8.03. The molecule has 1 unspecified atom stereocenters. The molecular weight excluding hydrogens is 294 g/mol. The van der Waals surface area contributed by atoms with Gasteiger partial charge in [0.15, 0.2) is 0 Å². The van der Waals surface area contributed by atoms with Crippen LogP contribution >= 0.6 is 11.8 Å². The molecule has 0 aliphatic carbocycles. The van der Waals surface area contributed by atoms with Gasteiger partial charge >= 0.3 is 5.97 Å². The Morgan fingerprint density at radius 2 is 2.10 bits per heavy atom. The van der Waals surface area contributed by atoms with Crippen LogP contribution in [0.25, 0.3) is 6.08 Å². The molecular formula is C16H18F2O2S. The summed E-state index contributed by atoms with van der Waals surface area (Å²) in [6.45, 7) is 3.88. The predicted octanol–water partition coefficient (Wildman–Crippen LogP) is 4.47. The summed E-state index contributed by atoms with van der Waals surface area (Å²) in [5.41, 5.74) is 1.54. The number of halogens is 2. The SMILES string of the molecule is CCOC(=O)C(C)c1ccc(C=C2SCCC2(F)F)cc1. The highest BCUT2D eigenvalue weighted by Gasteiger charge is 2.39. The standard InChI is InChI=1S/C16H18F2O2S/c1-3-20-15(19)11(2)13-6-4-12(5-7-13)10-14-16(17,18)8-9-21-14/h4-7,10-11H,3,8-9H2,1-2H3. The Balaban J connectivity index is 2.12. The molecule has 2 rings (SSSR count). The van der Waals surface area contributed by atoms with Gasteiger partial charge in [0.2, 0.25) is 0 Å². The number of benzene rings is 1. The van der Waals surface area contributed by atoms with Crippen molar-refractivity contribution in [2.24, 2.45) is 0 Å². The van der Waals surface area contributed by atoms with Crippen molar-refractivity contribution in [2.75, 3.05) is 12.4 Å². The maximum Gasteiger partial charge on any atom is 0.313 e. The molecule has 0 N–H and O–H groups in total. The Labute approximate surface area is 127 Å². The predicted molar refractivity (Wildman–Crippen MR) is 81.5 cm³/mol. The highest BCUT2D eigenvalue weighted by Crippen LogP contribution is 2.44. The molecule has 1 aromatic rings. The molecule has 21 heavy (non-hydrogen) atoms. The molecule has 0 spiro atoms. The van der Waals surface area contributed by atoms with Crippen LogP contribution < -0.4 is 0 Å². The second kappa shape index (κ2) is 6.60. The Kier molecular flexibility index (Phi) is 5.04. The molecule has 114 valence electrons. The molecule has 5 heteroatoms. The number of hydrogen-bond donors (Lipinski definition) is 0. The van der Waals surface area contributed by atoms with Gasteiger partial charge < -0.3 is 4.74 Å². The lowest BCUT2D eigenvalue weighted by Gasteiger charge is -2.12. The van der Waals surface area contributed by atoms with Crippen molar-refractivity contribution in [2.45, 2.75) is 32.1 Å². The summed E-state index contributed by atoms with van der Waals surface area (Å²) in [5, 5.41) is 0. The first-order valence-corrected chi connectivity index (χ1v) is 7.92. The van der Waals surface area contributed by atoms with Gasteiger partial charge in [0, 0.05) is 12.2 Å².